The third kappa shape index (κ3) is 4.02. The van der Waals surface area contributed by atoms with Crippen molar-refractivity contribution in [3.05, 3.63) is 56.5 Å². The van der Waals surface area contributed by atoms with Gasteiger partial charge in [-0.3, -0.25) is 9.59 Å². The average molecular weight is 547 g/mol. The molecule has 0 unspecified atom stereocenters. The van der Waals surface area contributed by atoms with Gasteiger partial charge >= 0.3 is 0 Å². The number of hydrogen-bond acceptors (Lipinski definition) is 5. The molecule has 5 nitrogen and oxygen atoms in total. The van der Waals surface area contributed by atoms with Gasteiger partial charge in [0.25, 0.3) is 0 Å². The molecule has 1 aromatic rings. The molecule has 32 heavy (non-hydrogen) atoms. The number of benzene rings is 1. The Hall–Kier alpha value is -2.09. The van der Waals surface area contributed by atoms with Crippen LogP contribution in [0, 0.1) is 3.57 Å². The Balaban J connectivity index is 1.93. The van der Waals surface area contributed by atoms with Crippen LogP contribution in [0.25, 0.3) is 0 Å². The van der Waals surface area contributed by atoms with Crippen LogP contribution in [0.1, 0.15) is 63.9 Å². The third-order valence-electron chi connectivity index (χ3n) is 6.41. The van der Waals surface area contributed by atoms with E-state index in [1.165, 1.54) is 0 Å². The van der Waals surface area contributed by atoms with Crippen LogP contribution in [0.3, 0.4) is 0 Å². The average Bonchev–Trinajstić information content (AvgIpc) is 2.77. The van der Waals surface area contributed by atoms with Crippen molar-refractivity contribution in [3.8, 4) is 11.5 Å². The summed E-state index contributed by atoms with van der Waals surface area (Å²) in [6, 6.07) is 4.02. The van der Waals surface area contributed by atoms with Gasteiger partial charge in [0.1, 0.15) is 6.61 Å². The maximum absolute atomic E-state index is 13.3. The van der Waals surface area contributed by atoms with E-state index in [4.69, 9.17) is 9.47 Å². The van der Waals surface area contributed by atoms with E-state index in [9.17, 15) is 9.59 Å². The highest BCUT2D eigenvalue weighted by Gasteiger charge is 2.43. The van der Waals surface area contributed by atoms with E-state index >= 15 is 0 Å². The molecule has 0 amide bonds. The Bertz CT molecular complexity index is 979. The van der Waals surface area contributed by atoms with Crippen molar-refractivity contribution >= 4 is 34.2 Å². The number of carbonyl (C=O) groups is 2. The Kier molecular flexibility index (Phi) is 7.08. The van der Waals surface area contributed by atoms with E-state index in [-0.39, 0.29) is 17.5 Å². The van der Waals surface area contributed by atoms with Crippen molar-refractivity contribution in [2.24, 2.45) is 0 Å². The van der Waals surface area contributed by atoms with Crippen molar-refractivity contribution < 1.29 is 19.1 Å². The van der Waals surface area contributed by atoms with Crippen LogP contribution >= 0.6 is 22.6 Å². The molecule has 0 radical (unpaired) electrons. The zero-order valence-electron chi connectivity index (χ0n) is 18.8. The minimum Gasteiger partial charge on any atom is -0.490 e. The van der Waals surface area contributed by atoms with Gasteiger partial charge in [-0.25, -0.2) is 0 Å². The Labute approximate surface area is 203 Å². The maximum atomic E-state index is 13.3. The van der Waals surface area contributed by atoms with Crippen molar-refractivity contribution in [2.75, 3.05) is 19.8 Å². The lowest BCUT2D eigenvalue weighted by molar-refractivity contribution is -0.117. The third-order valence-corrected chi connectivity index (χ3v) is 7.21. The van der Waals surface area contributed by atoms with Gasteiger partial charge in [-0.15, -0.1) is 0 Å². The smallest absolute Gasteiger partial charge is 0.174 e. The van der Waals surface area contributed by atoms with Gasteiger partial charge in [0, 0.05) is 47.8 Å². The van der Waals surface area contributed by atoms with Crippen LogP contribution in [-0.2, 0) is 9.59 Å². The van der Waals surface area contributed by atoms with Crippen LogP contribution in [0.15, 0.2) is 47.3 Å². The molecule has 0 bridgehead atoms. The number of carbonyl (C=O) groups excluding carboxylic acids is 2. The summed E-state index contributed by atoms with van der Waals surface area (Å²) >= 11 is 2.25. The molecule has 2 aliphatic carbocycles. The van der Waals surface area contributed by atoms with Gasteiger partial charge in [0.2, 0.25) is 0 Å². The van der Waals surface area contributed by atoms with Crippen molar-refractivity contribution in [1.82, 2.24) is 4.90 Å². The van der Waals surface area contributed by atoms with Gasteiger partial charge in [0.05, 0.1) is 10.2 Å². The number of rotatable bonds is 7. The molecule has 0 atom stereocenters. The largest absolute Gasteiger partial charge is 0.490 e. The molecule has 1 aromatic carbocycles. The van der Waals surface area contributed by atoms with E-state index in [2.05, 4.69) is 41.0 Å². The first-order valence-electron chi connectivity index (χ1n) is 11.5. The number of ketones is 2. The number of Topliss-reactive ketones (excluding diaryl/α,β-unsaturated/α-hetero) is 2. The minimum absolute atomic E-state index is 0.166. The van der Waals surface area contributed by atoms with Crippen molar-refractivity contribution in [2.45, 2.75) is 58.3 Å². The fraction of sp³-hybridized carbons (Fsp3) is 0.462. The minimum atomic E-state index is -0.329. The molecule has 0 saturated carbocycles. The topological polar surface area (TPSA) is 55.8 Å². The Morgan fingerprint density at radius 2 is 1.66 bits per heavy atom. The summed E-state index contributed by atoms with van der Waals surface area (Å²) in [4.78, 5) is 28.8. The maximum Gasteiger partial charge on any atom is 0.174 e. The quantitative estimate of drug-likeness (QED) is 0.325. The van der Waals surface area contributed by atoms with Gasteiger partial charge in [-0.1, -0.05) is 12.7 Å². The standard InChI is InChI=1S/C26H30INO4/c1-4-13-32-26-17(27)14-16(15-22(26)31-6-3)23-24-18(9-7-11-20(24)29)28(5-2)19-10-8-12-21(30)25(19)23/h4,14-15,23H,1,5-13H2,2-3H3. The van der Waals surface area contributed by atoms with Gasteiger partial charge in [-0.2, -0.15) is 0 Å². The monoisotopic (exact) mass is 547 g/mol. The predicted molar refractivity (Wildman–Crippen MR) is 133 cm³/mol. The summed E-state index contributed by atoms with van der Waals surface area (Å²) in [6.07, 6.45) is 6.29. The lowest BCUT2D eigenvalue weighted by Gasteiger charge is -2.43. The summed E-state index contributed by atoms with van der Waals surface area (Å²) in [7, 11) is 0. The molecule has 3 aliphatic rings. The summed E-state index contributed by atoms with van der Waals surface area (Å²) < 4.78 is 12.7. The number of hydrogen-bond donors (Lipinski definition) is 0. The first-order chi connectivity index (χ1) is 15.5. The number of ether oxygens (including phenoxy) is 2. The summed E-state index contributed by atoms with van der Waals surface area (Å²) in [5, 5.41) is 0. The molecule has 1 aliphatic heterocycles. The van der Waals surface area contributed by atoms with E-state index in [1.54, 1.807) is 6.08 Å². The van der Waals surface area contributed by atoms with Crippen LogP contribution in [-0.4, -0.2) is 36.2 Å². The van der Waals surface area contributed by atoms with Crippen LogP contribution < -0.4 is 9.47 Å². The lowest BCUT2D eigenvalue weighted by Crippen LogP contribution is -2.39. The van der Waals surface area contributed by atoms with E-state index in [0.717, 1.165) is 63.9 Å². The fourth-order valence-electron chi connectivity index (χ4n) is 5.23. The highest BCUT2D eigenvalue weighted by molar-refractivity contribution is 14.1. The molecule has 0 spiro atoms. The number of nitrogens with zero attached hydrogens (tertiary/aromatic N) is 1. The second-order valence-corrected chi connectivity index (χ2v) is 9.48. The molecular weight excluding hydrogens is 517 g/mol. The lowest BCUT2D eigenvalue weighted by atomic mass is 9.71. The van der Waals surface area contributed by atoms with Crippen LogP contribution in [0.4, 0.5) is 0 Å². The zero-order chi connectivity index (χ0) is 22.8. The fourth-order valence-corrected chi connectivity index (χ4v) is 6.01. The molecule has 6 heteroatoms. The zero-order valence-corrected chi connectivity index (χ0v) is 21.0. The van der Waals surface area contributed by atoms with E-state index < -0.39 is 0 Å². The molecule has 1 heterocycles. The Morgan fingerprint density at radius 3 is 2.19 bits per heavy atom. The van der Waals surface area contributed by atoms with E-state index in [0.29, 0.717) is 37.6 Å². The summed E-state index contributed by atoms with van der Waals surface area (Å²) in [6.45, 7) is 9.44. The van der Waals surface area contributed by atoms with Crippen molar-refractivity contribution in [3.63, 3.8) is 0 Å². The number of halogens is 1. The molecule has 4 rings (SSSR count). The highest BCUT2D eigenvalue weighted by Crippen LogP contribution is 2.50. The summed E-state index contributed by atoms with van der Waals surface area (Å²) in [5.74, 6) is 1.32. The predicted octanol–water partition coefficient (Wildman–Crippen LogP) is 5.69. The van der Waals surface area contributed by atoms with Gasteiger partial charge in [-0.05, 0) is 79.8 Å². The first kappa shape index (κ1) is 23.1. The second kappa shape index (κ2) is 9.81. The summed E-state index contributed by atoms with van der Waals surface area (Å²) in [5.41, 5.74) is 4.78. The normalized spacial score (nSPS) is 19.2. The Morgan fingerprint density at radius 1 is 1.03 bits per heavy atom. The molecule has 0 aromatic heterocycles. The van der Waals surface area contributed by atoms with Gasteiger partial charge in [0.15, 0.2) is 23.1 Å². The second-order valence-electron chi connectivity index (χ2n) is 8.31. The molecule has 0 saturated heterocycles. The molecule has 170 valence electrons. The highest BCUT2D eigenvalue weighted by atomic mass is 127. The molecule has 0 N–H and O–H groups in total. The van der Waals surface area contributed by atoms with E-state index in [1.807, 2.05) is 19.1 Å². The molecule has 0 fully saturated rings. The van der Waals surface area contributed by atoms with Gasteiger partial charge < -0.3 is 14.4 Å². The molecular formula is C26H30INO4. The SMILES string of the molecule is C=CCOc1c(I)cc(C2C3=C(CCCC3=O)N(CC)C3=C2C(=O)CCC3)cc1OCC. The van der Waals surface area contributed by atoms with Crippen molar-refractivity contribution in [1.29, 1.82) is 0 Å². The van der Waals surface area contributed by atoms with Crippen LogP contribution in [0.5, 0.6) is 11.5 Å². The van der Waals surface area contributed by atoms with Crippen LogP contribution in [0.2, 0.25) is 0 Å². The first-order valence-corrected chi connectivity index (χ1v) is 12.6. The number of allylic oxidation sites excluding steroid dienone is 4.